The minimum atomic E-state index is -1.48. The Balaban J connectivity index is 1.24. The first-order valence-corrected chi connectivity index (χ1v) is 13.5. The molecule has 214 valence electrons. The molecule has 4 heterocycles. The molecule has 1 atom stereocenters. The molecule has 4 aromatic rings. The van der Waals surface area contributed by atoms with Gasteiger partial charge in [0.15, 0.2) is 23.3 Å². The molecular formula is C29H28F4N6O2. The number of imidazole rings is 1. The highest BCUT2D eigenvalue weighted by Gasteiger charge is 2.29. The third-order valence-corrected chi connectivity index (χ3v) is 7.78. The standard InChI is InChI=1S/C29H28F4N6O2/c1-15(10-18-25(32)19(30)13-20(31)26(18)33)35-21-4-5-34-28(40)24(21)27-36-22-11-16-14-39(9-8-38-6-2-3-7-38)29(41)17(16)12-23(22)37-27/h4-5,11-13,15H,2-3,6-10,14H2,1H3,(H,36,37)(H2,34,35,40). The molecule has 41 heavy (non-hydrogen) atoms. The van der Waals surface area contributed by atoms with E-state index in [0.717, 1.165) is 25.2 Å². The van der Waals surface area contributed by atoms with Crippen molar-refractivity contribution in [1.82, 2.24) is 24.8 Å². The average molecular weight is 569 g/mol. The van der Waals surface area contributed by atoms with Crippen LogP contribution in [0, 0.1) is 23.3 Å². The fourth-order valence-corrected chi connectivity index (χ4v) is 5.71. The van der Waals surface area contributed by atoms with Gasteiger partial charge in [0.1, 0.15) is 11.4 Å². The number of hydrogen-bond donors (Lipinski definition) is 3. The highest BCUT2D eigenvalue weighted by atomic mass is 19.2. The Morgan fingerprint density at radius 2 is 1.76 bits per heavy atom. The summed E-state index contributed by atoms with van der Waals surface area (Å²) in [5.41, 5.74) is 1.84. The average Bonchev–Trinajstić information content (AvgIpc) is 3.67. The number of nitrogens with one attached hydrogen (secondary N) is 3. The van der Waals surface area contributed by atoms with Crippen LogP contribution in [0.3, 0.4) is 0 Å². The van der Waals surface area contributed by atoms with Crippen molar-refractivity contribution in [2.75, 3.05) is 31.5 Å². The summed E-state index contributed by atoms with van der Waals surface area (Å²) in [7, 11) is 0. The van der Waals surface area contributed by atoms with Gasteiger partial charge in [-0.2, -0.15) is 0 Å². The van der Waals surface area contributed by atoms with E-state index in [4.69, 9.17) is 0 Å². The van der Waals surface area contributed by atoms with Gasteiger partial charge in [0, 0.05) is 49.1 Å². The summed E-state index contributed by atoms with van der Waals surface area (Å²) in [6.07, 6.45) is 3.40. The normalized spacial score (nSPS) is 16.1. The third kappa shape index (κ3) is 5.08. The molecule has 0 saturated carbocycles. The number of H-pyrrole nitrogens is 2. The Labute approximate surface area is 232 Å². The van der Waals surface area contributed by atoms with Gasteiger partial charge in [0.05, 0.1) is 16.7 Å². The number of rotatable bonds is 8. The first-order chi connectivity index (χ1) is 19.7. The number of hydrogen-bond acceptors (Lipinski definition) is 5. The summed E-state index contributed by atoms with van der Waals surface area (Å²) in [5, 5.41) is 3.01. The molecule has 1 fully saturated rings. The predicted molar refractivity (Wildman–Crippen MR) is 146 cm³/mol. The molecule has 2 aliphatic rings. The van der Waals surface area contributed by atoms with Crippen LogP contribution in [0.2, 0.25) is 0 Å². The van der Waals surface area contributed by atoms with Crippen LogP contribution >= 0.6 is 0 Å². The summed E-state index contributed by atoms with van der Waals surface area (Å²) >= 11 is 0. The van der Waals surface area contributed by atoms with E-state index in [9.17, 15) is 27.2 Å². The maximum absolute atomic E-state index is 14.2. The number of fused-ring (bicyclic) bond motifs is 2. The quantitative estimate of drug-likeness (QED) is 0.214. The van der Waals surface area contributed by atoms with Gasteiger partial charge < -0.3 is 25.1 Å². The van der Waals surface area contributed by atoms with Crippen LogP contribution in [0.15, 0.2) is 35.3 Å². The van der Waals surface area contributed by atoms with E-state index in [0.29, 0.717) is 35.4 Å². The summed E-state index contributed by atoms with van der Waals surface area (Å²) < 4.78 is 55.8. The van der Waals surface area contributed by atoms with Crippen LogP contribution in [0.5, 0.6) is 0 Å². The minimum absolute atomic E-state index is 0.0485. The zero-order valence-corrected chi connectivity index (χ0v) is 22.3. The Morgan fingerprint density at radius 3 is 2.49 bits per heavy atom. The molecule has 2 aliphatic heterocycles. The number of pyridine rings is 1. The maximum Gasteiger partial charge on any atom is 0.261 e. The van der Waals surface area contributed by atoms with Crippen molar-refractivity contribution in [1.29, 1.82) is 0 Å². The van der Waals surface area contributed by atoms with E-state index in [1.54, 1.807) is 19.1 Å². The van der Waals surface area contributed by atoms with Crippen LogP contribution in [0.4, 0.5) is 23.2 Å². The minimum Gasteiger partial charge on any atom is -0.381 e. The first kappa shape index (κ1) is 27.0. The number of anilines is 1. The molecule has 0 bridgehead atoms. The third-order valence-electron chi connectivity index (χ3n) is 7.78. The van der Waals surface area contributed by atoms with E-state index < -0.39 is 40.4 Å². The number of aromatic amines is 2. The molecule has 3 N–H and O–H groups in total. The highest BCUT2D eigenvalue weighted by Crippen LogP contribution is 2.31. The Kier molecular flexibility index (Phi) is 7.02. The Morgan fingerprint density at radius 1 is 1.02 bits per heavy atom. The summed E-state index contributed by atoms with van der Waals surface area (Å²) in [4.78, 5) is 40.5. The van der Waals surface area contributed by atoms with Gasteiger partial charge in [-0.05, 0) is 63.0 Å². The molecule has 0 spiro atoms. The largest absolute Gasteiger partial charge is 0.381 e. The molecular weight excluding hydrogens is 540 g/mol. The van der Waals surface area contributed by atoms with Crippen LogP contribution in [0.25, 0.3) is 22.4 Å². The zero-order chi connectivity index (χ0) is 28.8. The fraction of sp³-hybridized carbons (Fsp3) is 0.345. The lowest BCUT2D eigenvalue weighted by Gasteiger charge is -2.20. The van der Waals surface area contributed by atoms with Gasteiger partial charge >= 0.3 is 0 Å². The van der Waals surface area contributed by atoms with E-state index in [1.807, 2.05) is 11.0 Å². The van der Waals surface area contributed by atoms with E-state index >= 15 is 0 Å². The summed E-state index contributed by atoms with van der Waals surface area (Å²) in [5.74, 6) is -5.70. The van der Waals surface area contributed by atoms with E-state index in [2.05, 4.69) is 25.2 Å². The lowest BCUT2D eigenvalue weighted by atomic mass is 10.0. The number of halogens is 4. The van der Waals surface area contributed by atoms with Crippen molar-refractivity contribution in [2.24, 2.45) is 0 Å². The lowest BCUT2D eigenvalue weighted by Crippen LogP contribution is -2.33. The van der Waals surface area contributed by atoms with Crippen LogP contribution < -0.4 is 10.9 Å². The molecule has 1 saturated heterocycles. The van der Waals surface area contributed by atoms with Crippen molar-refractivity contribution in [3.05, 3.63) is 80.8 Å². The van der Waals surface area contributed by atoms with E-state index in [1.165, 1.54) is 19.0 Å². The highest BCUT2D eigenvalue weighted by molar-refractivity contribution is 6.02. The predicted octanol–water partition coefficient (Wildman–Crippen LogP) is 4.57. The molecule has 12 heteroatoms. The molecule has 1 amide bonds. The van der Waals surface area contributed by atoms with Crippen molar-refractivity contribution in [2.45, 2.75) is 38.8 Å². The molecule has 2 aromatic heterocycles. The van der Waals surface area contributed by atoms with Crippen molar-refractivity contribution >= 4 is 22.6 Å². The van der Waals surface area contributed by atoms with Gasteiger partial charge in [-0.25, -0.2) is 22.5 Å². The van der Waals surface area contributed by atoms with Crippen molar-refractivity contribution in [3.8, 4) is 11.4 Å². The molecule has 2 aromatic carbocycles. The first-order valence-electron chi connectivity index (χ1n) is 13.5. The number of benzene rings is 2. The molecule has 0 radical (unpaired) electrons. The van der Waals surface area contributed by atoms with Gasteiger partial charge in [-0.15, -0.1) is 0 Å². The molecule has 0 aliphatic carbocycles. The van der Waals surface area contributed by atoms with Crippen molar-refractivity contribution < 1.29 is 22.4 Å². The second kappa shape index (κ2) is 10.7. The maximum atomic E-state index is 14.2. The van der Waals surface area contributed by atoms with Crippen LogP contribution in [0.1, 0.15) is 41.3 Å². The zero-order valence-electron chi connectivity index (χ0n) is 22.3. The topological polar surface area (TPSA) is 97.1 Å². The molecule has 8 nitrogen and oxygen atoms in total. The number of aromatic nitrogens is 3. The lowest BCUT2D eigenvalue weighted by molar-refractivity contribution is 0.0763. The number of carbonyl (C=O) groups is 1. The number of amides is 1. The second-order valence-corrected chi connectivity index (χ2v) is 10.7. The van der Waals surface area contributed by atoms with E-state index in [-0.39, 0.29) is 29.8 Å². The summed E-state index contributed by atoms with van der Waals surface area (Å²) in [6.45, 7) is 5.70. The van der Waals surface area contributed by atoms with Crippen LogP contribution in [-0.4, -0.2) is 62.9 Å². The fourth-order valence-electron chi connectivity index (χ4n) is 5.71. The van der Waals surface area contributed by atoms with Gasteiger partial charge in [-0.3, -0.25) is 9.59 Å². The Bertz CT molecular complexity index is 1690. The van der Waals surface area contributed by atoms with Gasteiger partial charge in [0.25, 0.3) is 11.5 Å². The smallest absolute Gasteiger partial charge is 0.261 e. The number of likely N-dealkylation sites (tertiary alicyclic amines) is 1. The van der Waals surface area contributed by atoms with Gasteiger partial charge in [-0.1, -0.05) is 0 Å². The SMILES string of the molecule is CC(Cc1c(F)c(F)cc(F)c1F)Nc1cc[nH]c(=O)c1-c1nc2cc3c(cc2[nH]1)CN(CCN1CCCC1)C3=O. The second-order valence-electron chi connectivity index (χ2n) is 10.7. The monoisotopic (exact) mass is 568 g/mol. The number of carbonyl (C=O) groups excluding carboxylic acids is 1. The molecule has 6 rings (SSSR count). The van der Waals surface area contributed by atoms with Gasteiger partial charge in [0.2, 0.25) is 0 Å². The van der Waals surface area contributed by atoms with Crippen LogP contribution in [-0.2, 0) is 13.0 Å². The Hall–Kier alpha value is -4.19. The number of nitrogens with zero attached hydrogens (tertiary/aromatic N) is 3. The summed E-state index contributed by atoms with van der Waals surface area (Å²) in [6, 6.07) is 4.59. The van der Waals surface area contributed by atoms with Crippen molar-refractivity contribution in [3.63, 3.8) is 0 Å². The molecule has 1 unspecified atom stereocenters.